The zero-order valence-corrected chi connectivity index (χ0v) is 17.1. The van der Waals surface area contributed by atoms with Crippen LogP contribution in [-0.4, -0.2) is 59.1 Å². The van der Waals surface area contributed by atoms with Crippen LogP contribution < -0.4 is 20.1 Å². The van der Waals surface area contributed by atoms with Crippen LogP contribution in [0.2, 0.25) is 0 Å². The van der Waals surface area contributed by atoms with Gasteiger partial charge >= 0.3 is 0 Å². The van der Waals surface area contributed by atoms with Crippen LogP contribution in [0.15, 0.2) is 24.4 Å². The highest BCUT2D eigenvalue weighted by Crippen LogP contribution is 2.43. The fraction of sp³-hybridized carbons (Fsp3) is 0.476. The Labute approximate surface area is 173 Å². The summed E-state index contributed by atoms with van der Waals surface area (Å²) in [5.41, 5.74) is 2.93. The van der Waals surface area contributed by atoms with Crippen LogP contribution in [-0.2, 0) is 0 Å². The monoisotopic (exact) mass is 412 g/mol. The molecule has 5 rings (SSSR count). The lowest BCUT2D eigenvalue weighted by molar-refractivity contribution is 0.241. The molecule has 0 aromatic carbocycles. The highest BCUT2D eigenvalue weighted by Gasteiger charge is 2.30. The van der Waals surface area contributed by atoms with Crippen LogP contribution in [0.1, 0.15) is 30.9 Å². The highest BCUT2D eigenvalue weighted by atomic mass is 19.1. The van der Waals surface area contributed by atoms with E-state index < -0.39 is 6.17 Å². The minimum absolute atomic E-state index is 0.321. The van der Waals surface area contributed by atoms with E-state index in [-0.39, 0.29) is 6.04 Å². The third-order valence-electron chi connectivity index (χ3n) is 5.72. The molecular formula is C21H25FN6O2. The van der Waals surface area contributed by atoms with Gasteiger partial charge in [0.05, 0.1) is 26.5 Å². The van der Waals surface area contributed by atoms with E-state index in [9.17, 15) is 4.39 Å². The molecule has 1 saturated heterocycles. The number of alkyl halides is 1. The maximum atomic E-state index is 14.3. The number of ether oxygens (including phenoxy) is 2. The summed E-state index contributed by atoms with van der Waals surface area (Å²) in [5.74, 6) is 2.37. The van der Waals surface area contributed by atoms with Crippen molar-refractivity contribution in [2.75, 3.05) is 32.6 Å². The van der Waals surface area contributed by atoms with Crippen LogP contribution in [0.25, 0.3) is 17.0 Å². The highest BCUT2D eigenvalue weighted by molar-refractivity contribution is 5.68. The van der Waals surface area contributed by atoms with Crippen LogP contribution in [0.4, 0.5) is 10.2 Å². The van der Waals surface area contributed by atoms with Crippen LogP contribution in [0.5, 0.6) is 11.5 Å². The van der Waals surface area contributed by atoms with E-state index in [2.05, 4.69) is 15.6 Å². The van der Waals surface area contributed by atoms with Gasteiger partial charge in [0, 0.05) is 18.5 Å². The molecular weight excluding hydrogens is 387 g/mol. The molecule has 1 saturated carbocycles. The second kappa shape index (κ2) is 7.71. The molecule has 2 atom stereocenters. The van der Waals surface area contributed by atoms with Gasteiger partial charge in [-0.3, -0.25) is 0 Å². The molecule has 1 aliphatic heterocycles. The number of imidazole rings is 1. The molecule has 2 N–H and O–H groups in total. The van der Waals surface area contributed by atoms with Gasteiger partial charge in [-0.25, -0.2) is 18.9 Å². The number of nitrogens with zero attached hydrogens (tertiary/aromatic N) is 4. The first-order chi connectivity index (χ1) is 14.7. The van der Waals surface area contributed by atoms with Gasteiger partial charge in [-0.05, 0) is 37.9 Å². The van der Waals surface area contributed by atoms with Gasteiger partial charge in [0.1, 0.15) is 40.6 Å². The summed E-state index contributed by atoms with van der Waals surface area (Å²) in [5, 5.41) is 11.3. The number of fused-ring (bicyclic) bond motifs is 1. The molecule has 4 heterocycles. The molecule has 2 fully saturated rings. The Balaban J connectivity index is 1.55. The molecule has 2 unspecified atom stereocenters. The molecule has 8 nitrogen and oxygen atoms in total. The Morgan fingerprint density at radius 2 is 2.00 bits per heavy atom. The lowest BCUT2D eigenvalue weighted by Crippen LogP contribution is -2.46. The smallest absolute Gasteiger partial charge is 0.157 e. The first-order valence-corrected chi connectivity index (χ1v) is 10.3. The lowest BCUT2D eigenvalue weighted by Gasteiger charge is -2.28. The normalized spacial score (nSPS) is 21.6. The van der Waals surface area contributed by atoms with Gasteiger partial charge in [-0.15, -0.1) is 0 Å². The fourth-order valence-corrected chi connectivity index (χ4v) is 3.91. The summed E-state index contributed by atoms with van der Waals surface area (Å²) in [6.07, 6.45) is 3.53. The third-order valence-corrected chi connectivity index (χ3v) is 5.72. The van der Waals surface area contributed by atoms with Crippen molar-refractivity contribution >= 4 is 11.5 Å². The van der Waals surface area contributed by atoms with E-state index in [0.717, 1.165) is 24.3 Å². The van der Waals surface area contributed by atoms with Crippen molar-refractivity contribution in [2.45, 2.75) is 37.4 Å². The number of pyridine rings is 1. The Morgan fingerprint density at radius 1 is 1.17 bits per heavy atom. The summed E-state index contributed by atoms with van der Waals surface area (Å²) < 4.78 is 27.1. The number of hydrogen-bond acceptors (Lipinski definition) is 7. The lowest BCUT2D eigenvalue weighted by atomic mass is 10.1. The van der Waals surface area contributed by atoms with E-state index in [1.54, 1.807) is 31.0 Å². The van der Waals surface area contributed by atoms with Crippen molar-refractivity contribution in [1.29, 1.82) is 0 Å². The Hall–Kier alpha value is -2.94. The van der Waals surface area contributed by atoms with Crippen molar-refractivity contribution in [2.24, 2.45) is 0 Å². The molecule has 3 aromatic heterocycles. The van der Waals surface area contributed by atoms with Crippen molar-refractivity contribution in [3.63, 3.8) is 0 Å². The molecule has 158 valence electrons. The maximum absolute atomic E-state index is 14.3. The first-order valence-electron chi connectivity index (χ1n) is 10.3. The molecule has 0 radical (unpaired) electrons. The van der Waals surface area contributed by atoms with Gasteiger partial charge < -0.3 is 20.1 Å². The van der Waals surface area contributed by atoms with Gasteiger partial charge in [-0.2, -0.15) is 5.10 Å². The second-order valence-electron chi connectivity index (χ2n) is 7.79. The van der Waals surface area contributed by atoms with Crippen molar-refractivity contribution in [3.8, 4) is 22.9 Å². The van der Waals surface area contributed by atoms with E-state index in [0.29, 0.717) is 54.0 Å². The summed E-state index contributed by atoms with van der Waals surface area (Å²) in [4.78, 5) is 9.23. The predicted octanol–water partition coefficient (Wildman–Crippen LogP) is 2.80. The van der Waals surface area contributed by atoms with Gasteiger partial charge in [-0.1, -0.05) is 0 Å². The predicted molar refractivity (Wildman–Crippen MR) is 111 cm³/mol. The minimum atomic E-state index is -0.912. The topological polar surface area (TPSA) is 85.6 Å². The molecule has 1 aliphatic carbocycles. The van der Waals surface area contributed by atoms with Gasteiger partial charge in [0.2, 0.25) is 0 Å². The van der Waals surface area contributed by atoms with Crippen LogP contribution >= 0.6 is 0 Å². The van der Waals surface area contributed by atoms with E-state index in [4.69, 9.17) is 19.6 Å². The summed E-state index contributed by atoms with van der Waals surface area (Å²) in [7, 11) is 3.26. The number of nitrogens with one attached hydrogen (secondary N) is 2. The van der Waals surface area contributed by atoms with Gasteiger partial charge in [0.15, 0.2) is 5.65 Å². The van der Waals surface area contributed by atoms with Crippen molar-refractivity contribution < 1.29 is 13.9 Å². The number of anilines is 1. The molecule has 2 aliphatic rings. The SMILES string of the molecule is COc1ccc(NC2CNCCC2F)nc1-c1cnc2cc(OC)c(C3CC3)nn12. The standard InChI is InChI=1S/C21H25FN6O2/c1-29-16-5-6-18(25-14-10-23-8-7-13(14)22)26-21(16)15-11-24-19-9-17(30-2)20(12-3-4-12)27-28(15)19/h5-6,9,11-14,23H,3-4,7-8,10H2,1-2H3,(H,25,26). The van der Waals surface area contributed by atoms with Crippen LogP contribution in [0, 0.1) is 0 Å². The average Bonchev–Trinajstić information content (AvgIpc) is 3.54. The zero-order chi connectivity index (χ0) is 20.7. The van der Waals surface area contributed by atoms with Crippen molar-refractivity contribution in [1.82, 2.24) is 24.9 Å². The molecule has 0 spiro atoms. The molecule has 30 heavy (non-hydrogen) atoms. The van der Waals surface area contributed by atoms with E-state index in [1.165, 1.54) is 0 Å². The summed E-state index contributed by atoms with van der Waals surface area (Å²) >= 11 is 0. The maximum Gasteiger partial charge on any atom is 0.157 e. The quantitative estimate of drug-likeness (QED) is 0.644. The molecule has 0 amide bonds. The fourth-order valence-electron chi connectivity index (χ4n) is 3.91. The third kappa shape index (κ3) is 3.43. The van der Waals surface area contributed by atoms with E-state index >= 15 is 0 Å². The van der Waals surface area contributed by atoms with Crippen molar-refractivity contribution in [3.05, 3.63) is 30.1 Å². The Kier molecular flexibility index (Phi) is 4.90. The summed E-state index contributed by atoms with van der Waals surface area (Å²) in [6, 6.07) is 5.22. The first kappa shape index (κ1) is 19.0. The molecule has 9 heteroatoms. The Bertz CT molecular complexity index is 1070. The second-order valence-corrected chi connectivity index (χ2v) is 7.79. The molecule has 0 bridgehead atoms. The van der Waals surface area contributed by atoms with Crippen LogP contribution in [0.3, 0.4) is 0 Å². The summed E-state index contributed by atoms with van der Waals surface area (Å²) in [6.45, 7) is 1.26. The van der Waals surface area contributed by atoms with E-state index in [1.807, 2.05) is 12.1 Å². The average molecular weight is 412 g/mol. The number of piperidine rings is 1. The van der Waals surface area contributed by atoms with Gasteiger partial charge in [0.25, 0.3) is 0 Å². The zero-order valence-electron chi connectivity index (χ0n) is 17.1. The number of hydrogen-bond donors (Lipinski definition) is 2. The molecule has 3 aromatic rings. The largest absolute Gasteiger partial charge is 0.495 e. The number of halogens is 1. The number of aromatic nitrogens is 4. The number of rotatable bonds is 6. The minimum Gasteiger partial charge on any atom is -0.495 e. The Morgan fingerprint density at radius 3 is 2.73 bits per heavy atom. The number of methoxy groups -OCH3 is 2.